The number of rotatable bonds is 0. The lowest BCUT2D eigenvalue weighted by Gasteiger charge is -2.00. The van der Waals surface area contributed by atoms with Crippen LogP contribution in [-0.4, -0.2) is 4.98 Å². The Bertz CT molecular complexity index is 472. The number of hydrogen-bond donors (Lipinski definition) is 0. The van der Waals surface area contributed by atoms with E-state index in [-0.39, 0.29) is 5.82 Å². The normalized spacial score (nSPS) is 10.7. The van der Waals surface area contributed by atoms with Gasteiger partial charge in [-0.15, -0.1) is 0 Å². The first kappa shape index (κ1) is 8.91. The number of benzene rings is 1. The van der Waals surface area contributed by atoms with Gasteiger partial charge in [-0.1, -0.05) is 11.6 Å². The molecule has 1 heterocycles. The first-order valence-electron chi connectivity index (χ1n) is 3.57. The average Bonchev–Trinajstić information content (AvgIpc) is 2.09. The molecule has 0 fully saturated rings. The van der Waals surface area contributed by atoms with E-state index in [1.807, 2.05) is 0 Å². The van der Waals surface area contributed by atoms with Gasteiger partial charge in [0.2, 0.25) is 0 Å². The van der Waals surface area contributed by atoms with Gasteiger partial charge >= 0.3 is 0 Å². The SMILES string of the molecule is Fc1cc2cncc(Cl)c2cc1Br. The molecule has 1 nitrogen and oxygen atoms in total. The second-order valence-electron chi connectivity index (χ2n) is 2.61. The Morgan fingerprint density at radius 3 is 2.85 bits per heavy atom. The van der Waals surface area contributed by atoms with Crippen molar-refractivity contribution in [3.05, 3.63) is 39.8 Å². The van der Waals surface area contributed by atoms with Crippen molar-refractivity contribution in [1.29, 1.82) is 0 Å². The number of aromatic nitrogens is 1. The molecule has 13 heavy (non-hydrogen) atoms. The molecule has 0 bridgehead atoms. The number of pyridine rings is 1. The molecule has 2 rings (SSSR count). The zero-order chi connectivity index (χ0) is 9.42. The van der Waals surface area contributed by atoms with Crippen molar-refractivity contribution >= 4 is 38.3 Å². The van der Waals surface area contributed by atoms with Gasteiger partial charge < -0.3 is 0 Å². The van der Waals surface area contributed by atoms with E-state index in [1.54, 1.807) is 12.3 Å². The smallest absolute Gasteiger partial charge is 0.138 e. The van der Waals surface area contributed by atoms with Crippen molar-refractivity contribution in [3.63, 3.8) is 0 Å². The van der Waals surface area contributed by atoms with Crippen LogP contribution in [0.1, 0.15) is 0 Å². The summed E-state index contributed by atoms with van der Waals surface area (Å²) in [5.41, 5.74) is 0. The maximum atomic E-state index is 13.1. The lowest BCUT2D eigenvalue weighted by Crippen LogP contribution is -1.82. The zero-order valence-corrected chi connectivity index (χ0v) is 8.73. The van der Waals surface area contributed by atoms with Crippen LogP contribution in [0.2, 0.25) is 5.02 Å². The molecule has 0 amide bonds. The van der Waals surface area contributed by atoms with Gasteiger partial charge in [0.25, 0.3) is 0 Å². The molecule has 0 unspecified atom stereocenters. The van der Waals surface area contributed by atoms with Crippen molar-refractivity contribution in [2.45, 2.75) is 0 Å². The van der Waals surface area contributed by atoms with Crippen molar-refractivity contribution in [2.75, 3.05) is 0 Å². The van der Waals surface area contributed by atoms with Gasteiger partial charge in [-0.05, 0) is 28.1 Å². The second kappa shape index (κ2) is 3.24. The largest absolute Gasteiger partial charge is 0.263 e. The van der Waals surface area contributed by atoms with Gasteiger partial charge in [-0.3, -0.25) is 4.98 Å². The van der Waals surface area contributed by atoms with Crippen LogP contribution in [0.5, 0.6) is 0 Å². The third kappa shape index (κ3) is 1.54. The zero-order valence-electron chi connectivity index (χ0n) is 6.39. The minimum absolute atomic E-state index is 0.309. The van der Waals surface area contributed by atoms with E-state index in [9.17, 15) is 4.39 Å². The number of nitrogens with zero attached hydrogens (tertiary/aromatic N) is 1. The highest BCUT2D eigenvalue weighted by atomic mass is 79.9. The van der Waals surface area contributed by atoms with Crippen LogP contribution in [0.25, 0.3) is 10.8 Å². The topological polar surface area (TPSA) is 12.9 Å². The fourth-order valence-corrected chi connectivity index (χ4v) is 1.69. The Hall–Kier alpha value is -0.670. The molecule has 1 aromatic carbocycles. The highest BCUT2D eigenvalue weighted by molar-refractivity contribution is 9.10. The summed E-state index contributed by atoms with van der Waals surface area (Å²) >= 11 is 8.97. The lowest BCUT2D eigenvalue weighted by molar-refractivity contribution is 0.623. The molecule has 2 aromatic rings. The van der Waals surface area contributed by atoms with Gasteiger partial charge in [0.05, 0.1) is 9.50 Å². The molecule has 0 atom stereocenters. The highest BCUT2D eigenvalue weighted by Crippen LogP contribution is 2.27. The molecule has 0 spiro atoms. The highest BCUT2D eigenvalue weighted by Gasteiger charge is 2.04. The minimum atomic E-state index is -0.309. The lowest BCUT2D eigenvalue weighted by atomic mass is 10.2. The molecule has 0 radical (unpaired) electrons. The molecule has 1 aromatic heterocycles. The third-order valence-electron chi connectivity index (χ3n) is 1.75. The average molecular weight is 260 g/mol. The van der Waals surface area contributed by atoms with E-state index < -0.39 is 0 Å². The Labute approximate surface area is 87.7 Å². The van der Waals surface area contributed by atoms with E-state index >= 15 is 0 Å². The molecule has 0 aliphatic carbocycles. The van der Waals surface area contributed by atoms with Gasteiger partial charge in [0.15, 0.2) is 0 Å². The summed E-state index contributed by atoms with van der Waals surface area (Å²) in [5, 5.41) is 2.02. The summed E-state index contributed by atoms with van der Waals surface area (Å²) < 4.78 is 13.5. The maximum absolute atomic E-state index is 13.1. The molecule has 0 N–H and O–H groups in total. The Morgan fingerprint density at radius 1 is 1.31 bits per heavy atom. The van der Waals surface area contributed by atoms with E-state index in [0.29, 0.717) is 14.9 Å². The third-order valence-corrected chi connectivity index (χ3v) is 2.66. The van der Waals surface area contributed by atoms with Crippen LogP contribution in [0.15, 0.2) is 29.0 Å². The van der Waals surface area contributed by atoms with Gasteiger partial charge in [-0.25, -0.2) is 4.39 Å². The van der Waals surface area contributed by atoms with Gasteiger partial charge in [0, 0.05) is 23.2 Å². The summed E-state index contributed by atoms with van der Waals surface area (Å²) in [5.74, 6) is -0.309. The van der Waals surface area contributed by atoms with Crippen molar-refractivity contribution in [2.24, 2.45) is 0 Å². The minimum Gasteiger partial charge on any atom is -0.263 e. The number of hydrogen-bond acceptors (Lipinski definition) is 1. The number of halogens is 3. The van der Waals surface area contributed by atoms with Crippen LogP contribution in [-0.2, 0) is 0 Å². The molecule has 0 saturated carbocycles. The summed E-state index contributed by atoms with van der Waals surface area (Å²) in [7, 11) is 0. The monoisotopic (exact) mass is 259 g/mol. The van der Waals surface area contributed by atoms with Crippen LogP contribution < -0.4 is 0 Å². The standard InChI is InChI=1S/C9H4BrClFN/c10-7-2-6-5(1-9(7)12)3-13-4-8(6)11/h1-4H. The molecular weight excluding hydrogens is 256 g/mol. The summed E-state index contributed by atoms with van der Waals surface area (Å²) in [6.45, 7) is 0. The summed E-state index contributed by atoms with van der Waals surface area (Å²) in [4.78, 5) is 3.87. The second-order valence-corrected chi connectivity index (χ2v) is 3.87. The van der Waals surface area contributed by atoms with Crippen molar-refractivity contribution in [1.82, 2.24) is 4.98 Å². The predicted octanol–water partition coefficient (Wildman–Crippen LogP) is 3.79. The van der Waals surface area contributed by atoms with Crippen LogP contribution in [0, 0.1) is 5.82 Å². The fraction of sp³-hybridized carbons (Fsp3) is 0. The molecule has 0 aliphatic heterocycles. The summed E-state index contributed by atoms with van der Waals surface area (Å²) in [6.07, 6.45) is 3.12. The van der Waals surface area contributed by atoms with Crippen LogP contribution in [0.3, 0.4) is 0 Å². The fourth-order valence-electron chi connectivity index (χ4n) is 1.13. The predicted molar refractivity (Wildman–Crippen MR) is 54.4 cm³/mol. The van der Waals surface area contributed by atoms with E-state index in [1.165, 1.54) is 12.3 Å². The van der Waals surface area contributed by atoms with Crippen LogP contribution >= 0.6 is 27.5 Å². The van der Waals surface area contributed by atoms with E-state index in [0.717, 1.165) is 5.39 Å². The van der Waals surface area contributed by atoms with E-state index in [4.69, 9.17) is 11.6 Å². The van der Waals surface area contributed by atoms with Crippen molar-refractivity contribution < 1.29 is 4.39 Å². The Morgan fingerprint density at radius 2 is 2.08 bits per heavy atom. The first-order chi connectivity index (χ1) is 6.18. The maximum Gasteiger partial charge on any atom is 0.138 e. The Balaban J connectivity index is 2.89. The Kier molecular flexibility index (Phi) is 2.22. The molecular formula is C9H4BrClFN. The molecule has 4 heteroatoms. The van der Waals surface area contributed by atoms with Crippen molar-refractivity contribution in [3.8, 4) is 0 Å². The van der Waals surface area contributed by atoms with Gasteiger partial charge in [-0.2, -0.15) is 0 Å². The number of fused-ring (bicyclic) bond motifs is 1. The molecule has 0 aliphatic rings. The summed E-state index contributed by atoms with van der Waals surface area (Å²) in [6, 6.07) is 3.05. The van der Waals surface area contributed by atoms with Gasteiger partial charge in [0.1, 0.15) is 5.82 Å². The molecule has 0 saturated heterocycles. The molecule has 66 valence electrons. The van der Waals surface area contributed by atoms with E-state index in [2.05, 4.69) is 20.9 Å². The first-order valence-corrected chi connectivity index (χ1v) is 4.74. The quantitative estimate of drug-likeness (QED) is 0.702. The van der Waals surface area contributed by atoms with Crippen LogP contribution in [0.4, 0.5) is 4.39 Å².